The van der Waals surface area contributed by atoms with Crippen LogP contribution in [0.15, 0.2) is 101 Å². The summed E-state index contributed by atoms with van der Waals surface area (Å²) in [6.07, 6.45) is -17.5. The van der Waals surface area contributed by atoms with E-state index in [4.69, 9.17) is 48.2 Å². The second-order valence-electron chi connectivity index (χ2n) is 18.7. The van der Waals surface area contributed by atoms with Gasteiger partial charge in [-0.05, 0) is 52.9 Å². The molecule has 2 amide bonds. The summed E-state index contributed by atoms with van der Waals surface area (Å²) < 4.78 is 55.4. The number of aliphatic hydroxyl groups excluding tert-OH is 4. The van der Waals surface area contributed by atoms with E-state index in [0.29, 0.717) is 19.3 Å². The van der Waals surface area contributed by atoms with Crippen molar-refractivity contribution in [3.63, 3.8) is 0 Å². The van der Waals surface area contributed by atoms with Gasteiger partial charge in [-0.1, -0.05) is 108 Å². The Kier molecular flexibility index (Phi) is 18.4. The number of nitrogens with one attached hydrogen (secondary N) is 1. The lowest BCUT2D eigenvalue weighted by Gasteiger charge is -2.46. The van der Waals surface area contributed by atoms with Gasteiger partial charge in [0, 0.05) is 22.3 Å². The number of ether oxygens (including phenoxy) is 9. The normalized spacial score (nSPS) is 33.8. The average molecular weight is 1020 g/mol. The first kappa shape index (κ1) is 53.2. The third kappa shape index (κ3) is 13.4. The molecule has 1 aliphatic carbocycles. The number of benzene rings is 3. The highest BCUT2D eigenvalue weighted by atomic mass is 16.8. The van der Waals surface area contributed by atoms with Crippen molar-refractivity contribution in [2.24, 2.45) is 22.1 Å². The number of hydrogen-bond acceptors (Lipinski definition) is 18. The number of carbonyl (C=O) groups excluding carboxylic acids is 3. The molecule has 17 atom stereocenters. The first-order valence-electron chi connectivity index (χ1n) is 24.2. The van der Waals surface area contributed by atoms with Crippen molar-refractivity contribution in [3.8, 4) is 0 Å². The van der Waals surface area contributed by atoms with Crippen LogP contribution in [0.25, 0.3) is 20.9 Å². The van der Waals surface area contributed by atoms with Crippen molar-refractivity contribution >= 4 is 18.2 Å². The highest BCUT2D eigenvalue weighted by Crippen LogP contribution is 2.44. The zero-order valence-corrected chi connectivity index (χ0v) is 39.9. The Balaban J connectivity index is 1.03. The van der Waals surface area contributed by atoms with Crippen LogP contribution >= 0.6 is 0 Å². The average Bonchev–Trinajstić information content (AvgIpc) is 3.92. The maximum Gasteiger partial charge on any atom is 0.410 e. The molecule has 24 nitrogen and oxygen atoms in total. The summed E-state index contributed by atoms with van der Waals surface area (Å²) in [5, 5.41) is 53.8. The predicted molar refractivity (Wildman–Crippen MR) is 251 cm³/mol. The molecule has 5 aliphatic rings. The van der Waals surface area contributed by atoms with Gasteiger partial charge in [0.25, 0.3) is 0 Å². The highest BCUT2D eigenvalue weighted by Gasteiger charge is 2.57. The van der Waals surface area contributed by atoms with Crippen LogP contribution in [0.4, 0.5) is 9.59 Å². The molecule has 4 saturated heterocycles. The molecule has 17 unspecified atom stereocenters. The fourth-order valence-electron chi connectivity index (χ4n) is 9.98. The summed E-state index contributed by atoms with van der Waals surface area (Å²) >= 11 is 0. The van der Waals surface area contributed by atoms with Crippen molar-refractivity contribution in [3.05, 3.63) is 129 Å². The van der Waals surface area contributed by atoms with Gasteiger partial charge in [-0.3, -0.25) is 4.79 Å². The minimum atomic E-state index is -1.76. The second-order valence-corrected chi connectivity index (χ2v) is 18.7. The molecule has 3 aromatic rings. The molecular formula is C49H60N8O16. The minimum Gasteiger partial charge on any atom is -0.459 e. The van der Waals surface area contributed by atoms with E-state index >= 15 is 0 Å². The van der Waals surface area contributed by atoms with E-state index in [2.05, 4.69) is 25.4 Å². The lowest BCUT2D eigenvalue weighted by atomic mass is 9.76. The van der Waals surface area contributed by atoms with Crippen LogP contribution in [0, 0.1) is 11.8 Å². The highest BCUT2D eigenvalue weighted by molar-refractivity contribution is 5.72. The van der Waals surface area contributed by atoms with Crippen molar-refractivity contribution < 1.29 is 77.4 Å². The van der Waals surface area contributed by atoms with Crippen LogP contribution in [-0.4, -0.2) is 155 Å². The maximum atomic E-state index is 13.9. The molecule has 0 aromatic heterocycles. The molecular weight excluding hydrogens is 957 g/mol. The lowest BCUT2D eigenvalue weighted by molar-refractivity contribution is -0.297. The van der Waals surface area contributed by atoms with Gasteiger partial charge in [0.1, 0.15) is 55.9 Å². The molecule has 3 aromatic carbocycles. The van der Waals surface area contributed by atoms with E-state index in [-0.39, 0.29) is 44.6 Å². The van der Waals surface area contributed by atoms with E-state index in [1.807, 2.05) is 97.9 Å². The Hall–Kier alpha value is -6.11. The van der Waals surface area contributed by atoms with Crippen LogP contribution in [0.3, 0.4) is 0 Å². The van der Waals surface area contributed by atoms with E-state index in [0.717, 1.165) is 16.7 Å². The monoisotopic (exact) mass is 1020 g/mol. The second kappa shape index (κ2) is 25.2. The molecule has 392 valence electrons. The third-order valence-electron chi connectivity index (χ3n) is 13.6. The van der Waals surface area contributed by atoms with Crippen molar-refractivity contribution in [1.29, 1.82) is 0 Å². The van der Waals surface area contributed by atoms with Gasteiger partial charge < -0.3 is 73.3 Å². The number of aliphatic hydroxyl groups is 4. The van der Waals surface area contributed by atoms with Crippen LogP contribution in [-0.2, 0) is 67.2 Å². The number of alkyl carbamates (subject to hydrolysis) is 1. The van der Waals surface area contributed by atoms with Gasteiger partial charge in [0.15, 0.2) is 18.9 Å². The van der Waals surface area contributed by atoms with E-state index in [1.165, 1.54) is 0 Å². The van der Waals surface area contributed by atoms with Crippen LogP contribution < -0.4 is 5.32 Å². The van der Waals surface area contributed by atoms with Gasteiger partial charge in [-0.15, -0.1) is 0 Å². The SMILES string of the molecule is CC1CC2CC(=O)OC2C(OC2OC(CO)C(OC3OC(CN=[N+]=[N-])C(O)C(O)C3N=[N+]=[N-])C2O)C1OC1OC(CN(Cc2ccccc2)C(=O)OCc2ccccc2)CCC1NC(=O)OCc1ccccc1. The van der Waals surface area contributed by atoms with Gasteiger partial charge >= 0.3 is 18.2 Å². The largest absolute Gasteiger partial charge is 0.459 e. The molecule has 24 heteroatoms. The molecule has 0 radical (unpaired) electrons. The van der Waals surface area contributed by atoms with Gasteiger partial charge in [-0.2, -0.15) is 0 Å². The van der Waals surface area contributed by atoms with Gasteiger partial charge in [0.05, 0.1) is 56.6 Å². The number of carbonyl (C=O) groups is 3. The van der Waals surface area contributed by atoms with E-state index < -0.39 is 123 Å². The topological polar surface area (TPSA) is 328 Å². The van der Waals surface area contributed by atoms with Crippen LogP contribution in [0.5, 0.6) is 0 Å². The summed E-state index contributed by atoms with van der Waals surface area (Å²) in [5.74, 6) is -1.21. The zero-order chi connectivity index (χ0) is 51.4. The first-order valence-corrected chi connectivity index (χ1v) is 24.2. The fourth-order valence-corrected chi connectivity index (χ4v) is 9.98. The smallest absolute Gasteiger partial charge is 0.410 e. The standard InChI is InChI=1S/C49H60N8O16/c1-27-19-31-20-36(59)70-42(31)44(73-47-40(62)43(35(24-58)69-47)72-46-37(54-56-51)39(61)38(60)34(68-46)21-52-55-50)41(27)71-45-33(53-48(63)65-25-29-13-7-3-8-14-29)18-17-32(67-45)23-57(22-28-11-5-2-6-12-28)49(64)66-26-30-15-9-4-10-16-30/h2-16,27,31-35,37-47,58,60-62H,17-26H2,1H3,(H,53,63). The Morgan fingerprint density at radius 1 is 0.753 bits per heavy atom. The summed E-state index contributed by atoms with van der Waals surface area (Å²) in [6.45, 7) is 0.992. The zero-order valence-electron chi connectivity index (χ0n) is 39.9. The summed E-state index contributed by atoms with van der Waals surface area (Å²) in [7, 11) is 0. The number of amides is 2. The molecule has 8 rings (SSSR count). The number of rotatable bonds is 19. The van der Waals surface area contributed by atoms with Gasteiger partial charge in [0.2, 0.25) is 0 Å². The lowest BCUT2D eigenvalue weighted by Crippen LogP contribution is -2.60. The maximum absolute atomic E-state index is 13.9. The molecule has 5 N–H and O–H groups in total. The molecule has 5 fully saturated rings. The Labute approximate surface area is 419 Å². The fraction of sp³-hybridized carbons (Fsp3) is 0.571. The third-order valence-corrected chi connectivity index (χ3v) is 13.6. The molecule has 4 heterocycles. The molecule has 4 aliphatic heterocycles. The number of esters is 1. The quantitative estimate of drug-likeness (QED) is 0.0368. The predicted octanol–water partition coefficient (Wildman–Crippen LogP) is 4.27. The first-order chi connectivity index (χ1) is 35.4. The number of hydrogen-bond donors (Lipinski definition) is 5. The van der Waals surface area contributed by atoms with Gasteiger partial charge in [-0.25, -0.2) is 9.59 Å². The number of azide groups is 2. The van der Waals surface area contributed by atoms with E-state index in [1.54, 1.807) is 4.90 Å². The molecule has 0 spiro atoms. The number of fused-ring (bicyclic) bond motifs is 1. The van der Waals surface area contributed by atoms with Crippen molar-refractivity contribution in [2.45, 2.75) is 144 Å². The molecule has 0 bridgehead atoms. The summed E-state index contributed by atoms with van der Waals surface area (Å²) in [5.41, 5.74) is 20.6. The molecule has 1 saturated carbocycles. The summed E-state index contributed by atoms with van der Waals surface area (Å²) in [6, 6.07) is 25.4. The Morgan fingerprint density at radius 3 is 2.04 bits per heavy atom. The van der Waals surface area contributed by atoms with Crippen LogP contribution in [0.1, 0.15) is 49.3 Å². The Morgan fingerprint density at radius 2 is 1.38 bits per heavy atom. The Bertz CT molecular complexity index is 2390. The summed E-state index contributed by atoms with van der Waals surface area (Å²) in [4.78, 5) is 47.3. The minimum absolute atomic E-state index is 0.0148. The van der Waals surface area contributed by atoms with E-state index in [9.17, 15) is 40.3 Å². The van der Waals surface area contributed by atoms with Crippen molar-refractivity contribution in [2.75, 3.05) is 19.7 Å². The van der Waals surface area contributed by atoms with Crippen molar-refractivity contribution in [1.82, 2.24) is 10.2 Å². The number of nitrogens with zero attached hydrogens (tertiary/aromatic N) is 7. The molecule has 73 heavy (non-hydrogen) atoms. The van der Waals surface area contributed by atoms with Crippen LogP contribution in [0.2, 0.25) is 0 Å².